The van der Waals surface area contributed by atoms with Gasteiger partial charge in [-0.15, -0.1) is 0 Å². The van der Waals surface area contributed by atoms with Crippen LogP contribution in [0.25, 0.3) is 0 Å². The first-order valence-electron chi connectivity index (χ1n) is 6.16. The monoisotopic (exact) mass is 275 g/mol. The van der Waals surface area contributed by atoms with Gasteiger partial charge in [-0.1, -0.05) is 12.1 Å². The fraction of sp³-hybridized carbons (Fsp3) is 0.286. The fourth-order valence-corrected chi connectivity index (χ4v) is 1.66. The summed E-state index contributed by atoms with van der Waals surface area (Å²) in [5.41, 5.74) is 4.76. The van der Waals surface area contributed by atoms with Gasteiger partial charge in [0.2, 0.25) is 11.6 Å². The molecule has 0 spiro atoms. The zero-order valence-corrected chi connectivity index (χ0v) is 11.2. The van der Waals surface area contributed by atoms with Crippen LogP contribution in [0.1, 0.15) is 11.4 Å². The first kappa shape index (κ1) is 14.4. The molecule has 2 aromatic rings. The van der Waals surface area contributed by atoms with Crippen LogP contribution in [0.15, 0.2) is 42.6 Å². The topological polar surface area (TPSA) is 90.5 Å². The van der Waals surface area contributed by atoms with Gasteiger partial charge in [0.15, 0.2) is 0 Å². The Morgan fingerprint density at radius 2 is 1.95 bits per heavy atom. The van der Waals surface area contributed by atoms with Crippen LogP contribution < -0.4 is 10.5 Å². The first-order chi connectivity index (χ1) is 9.64. The highest BCUT2D eigenvalue weighted by Crippen LogP contribution is 2.22. The lowest BCUT2D eigenvalue weighted by Crippen LogP contribution is -2.39. The van der Waals surface area contributed by atoms with Crippen molar-refractivity contribution in [1.82, 2.24) is 9.97 Å². The molecule has 2 heterocycles. The largest absolute Gasteiger partial charge is 0.475 e. The molecule has 6 heteroatoms. The number of nitrogens with zero attached hydrogens (tertiary/aromatic N) is 2. The minimum atomic E-state index is -1.76. The van der Waals surface area contributed by atoms with Crippen LogP contribution in [0.4, 0.5) is 0 Å². The number of pyridine rings is 2. The molecule has 6 nitrogen and oxygen atoms in total. The third kappa shape index (κ3) is 3.30. The van der Waals surface area contributed by atoms with Crippen molar-refractivity contribution in [1.29, 1.82) is 0 Å². The van der Waals surface area contributed by atoms with Gasteiger partial charge in [0.05, 0.1) is 18.0 Å². The van der Waals surface area contributed by atoms with E-state index in [9.17, 15) is 5.11 Å². The highest BCUT2D eigenvalue weighted by atomic mass is 16.5. The molecule has 0 saturated carbocycles. The minimum absolute atomic E-state index is 0.270. The van der Waals surface area contributed by atoms with E-state index in [0.717, 1.165) is 0 Å². The maximum Gasteiger partial charge on any atom is 0.213 e. The van der Waals surface area contributed by atoms with Crippen molar-refractivity contribution in [3.8, 4) is 5.88 Å². The van der Waals surface area contributed by atoms with Crippen LogP contribution >= 0.6 is 0 Å². The predicted molar refractivity (Wildman–Crippen MR) is 73.0 cm³/mol. The molecular weight excluding hydrogens is 258 g/mol. The summed E-state index contributed by atoms with van der Waals surface area (Å²) in [6, 6.07) is 10.2. The first-order valence-corrected chi connectivity index (χ1v) is 6.16. The van der Waals surface area contributed by atoms with Gasteiger partial charge in [0.1, 0.15) is 6.61 Å². The standard InChI is InChI=1S/C14H17N3O3/c1-19-9-10-20-13-7-4-6-12(17-13)14(15,18)11-5-2-3-8-16-11/h2-8,18H,9-10,15H2,1H3. The van der Waals surface area contributed by atoms with Crippen molar-refractivity contribution in [3.63, 3.8) is 0 Å². The van der Waals surface area contributed by atoms with Crippen molar-refractivity contribution >= 4 is 0 Å². The molecule has 2 aromatic heterocycles. The Morgan fingerprint density at radius 1 is 1.15 bits per heavy atom. The Kier molecular flexibility index (Phi) is 4.62. The molecule has 0 bridgehead atoms. The molecule has 0 aromatic carbocycles. The number of hydrogen-bond donors (Lipinski definition) is 2. The third-order valence-electron chi connectivity index (χ3n) is 2.71. The maximum absolute atomic E-state index is 10.4. The molecule has 0 saturated heterocycles. The van der Waals surface area contributed by atoms with Crippen molar-refractivity contribution in [2.24, 2.45) is 5.73 Å². The summed E-state index contributed by atoms with van der Waals surface area (Å²) >= 11 is 0. The van der Waals surface area contributed by atoms with E-state index in [4.69, 9.17) is 15.2 Å². The second kappa shape index (κ2) is 6.42. The molecule has 1 atom stereocenters. The molecule has 2 rings (SSSR count). The minimum Gasteiger partial charge on any atom is -0.475 e. The zero-order valence-electron chi connectivity index (χ0n) is 11.2. The van der Waals surface area contributed by atoms with E-state index in [2.05, 4.69) is 9.97 Å². The molecule has 0 aliphatic heterocycles. The van der Waals surface area contributed by atoms with E-state index in [1.807, 2.05) is 0 Å². The Morgan fingerprint density at radius 3 is 2.65 bits per heavy atom. The van der Waals surface area contributed by atoms with Gasteiger partial charge in [0.25, 0.3) is 0 Å². The molecule has 0 aliphatic carbocycles. The number of aliphatic hydroxyl groups is 1. The summed E-state index contributed by atoms with van der Waals surface area (Å²) in [5, 5.41) is 10.4. The van der Waals surface area contributed by atoms with E-state index in [1.54, 1.807) is 49.7 Å². The predicted octanol–water partition coefficient (Wildman–Crippen LogP) is 0.654. The van der Waals surface area contributed by atoms with E-state index in [1.165, 1.54) is 0 Å². The lowest BCUT2D eigenvalue weighted by Gasteiger charge is -2.22. The molecular formula is C14H17N3O3. The average molecular weight is 275 g/mol. The van der Waals surface area contributed by atoms with Gasteiger partial charge in [-0.05, 0) is 18.2 Å². The lowest BCUT2D eigenvalue weighted by molar-refractivity contribution is 0.0775. The van der Waals surface area contributed by atoms with Crippen molar-refractivity contribution in [2.75, 3.05) is 20.3 Å². The molecule has 106 valence electrons. The van der Waals surface area contributed by atoms with Crippen molar-refractivity contribution in [3.05, 3.63) is 54.0 Å². The van der Waals surface area contributed by atoms with E-state index >= 15 is 0 Å². The van der Waals surface area contributed by atoms with E-state index in [-0.39, 0.29) is 5.69 Å². The summed E-state index contributed by atoms with van der Waals surface area (Å²) in [6.07, 6.45) is 1.56. The van der Waals surface area contributed by atoms with Gasteiger partial charge >= 0.3 is 0 Å². The van der Waals surface area contributed by atoms with Gasteiger partial charge in [-0.25, -0.2) is 4.98 Å². The van der Waals surface area contributed by atoms with Gasteiger partial charge < -0.3 is 14.6 Å². The number of rotatable bonds is 6. The van der Waals surface area contributed by atoms with Crippen molar-refractivity contribution in [2.45, 2.75) is 5.72 Å². The average Bonchev–Trinajstić information content (AvgIpc) is 2.49. The lowest BCUT2D eigenvalue weighted by atomic mass is 10.1. The van der Waals surface area contributed by atoms with E-state index in [0.29, 0.717) is 24.8 Å². The summed E-state index contributed by atoms with van der Waals surface area (Å²) in [7, 11) is 1.59. The quantitative estimate of drug-likeness (QED) is 0.594. The third-order valence-corrected chi connectivity index (χ3v) is 2.71. The summed E-state index contributed by atoms with van der Waals surface area (Å²) in [6.45, 7) is 0.832. The normalized spacial score (nSPS) is 13.8. The second-order valence-corrected chi connectivity index (χ2v) is 4.18. The molecule has 0 aliphatic rings. The van der Waals surface area contributed by atoms with Gasteiger partial charge in [-0.2, -0.15) is 0 Å². The molecule has 20 heavy (non-hydrogen) atoms. The summed E-state index contributed by atoms with van der Waals surface area (Å²) < 4.78 is 10.3. The highest BCUT2D eigenvalue weighted by Gasteiger charge is 2.29. The second-order valence-electron chi connectivity index (χ2n) is 4.18. The Labute approximate surface area is 117 Å². The number of ether oxygens (including phenoxy) is 2. The number of hydrogen-bond acceptors (Lipinski definition) is 6. The van der Waals surface area contributed by atoms with Crippen LogP contribution in [0, 0.1) is 0 Å². The van der Waals surface area contributed by atoms with Gasteiger partial charge in [0, 0.05) is 19.4 Å². The number of nitrogens with two attached hydrogens (primary N) is 1. The number of methoxy groups -OCH3 is 1. The summed E-state index contributed by atoms with van der Waals surface area (Å²) in [4.78, 5) is 8.26. The highest BCUT2D eigenvalue weighted by molar-refractivity contribution is 5.27. The van der Waals surface area contributed by atoms with Crippen LogP contribution in [0.5, 0.6) is 5.88 Å². The SMILES string of the molecule is COCCOc1cccc(C(N)(O)c2ccccn2)n1. The molecule has 0 radical (unpaired) electrons. The van der Waals surface area contributed by atoms with Crippen LogP contribution in [0.3, 0.4) is 0 Å². The Hall–Kier alpha value is -2.02. The number of aromatic nitrogens is 2. The molecule has 3 N–H and O–H groups in total. The zero-order chi connectivity index (χ0) is 14.4. The molecule has 1 unspecified atom stereocenters. The summed E-state index contributed by atoms with van der Waals surface area (Å²) in [5.74, 6) is 0.374. The van der Waals surface area contributed by atoms with E-state index < -0.39 is 5.72 Å². The fourth-order valence-electron chi connectivity index (χ4n) is 1.66. The van der Waals surface area contributed by atoms with Crippen LogP contribution in [-0.2, 0) is 10.5 Å². The Bertz CT molecular complexity index is 546. The van der Waals surface area contributed by atoms with Crippen LogP contribution in [-0.4, -0.2) is 35.4 Å². The maximum atomic E-state index is 10.4. The Balaban J connectivity index is 2.21. The molecule has 0 amide bonds. The van der Waals surface area contributed by atoms with Crippen LogP contribution in [0.2, 0.25) is 0 Å². The molecule has 0 fully saturated rings. The smallest absolute Gasteiger partial charge is 0.213 e. The van der Waals surface area contributed by atoms with Gasteiger partial charge in [-0.3, -0.25) is 10.7 Å². The van der Waals surface area contributed by atoms with Crippen molar-refractivity contribution < 1.29 is 14.6 Å².